The summed E-state index contributed by atoms with van der Waals surface area (Å²) < 4.78 is 0. The standard InChI is InChI=1S/C11H13N5OS/c1-7(2)5-9-15-16-11(18-9)14-10(17)8-6-12-3-4-13-8/h3-4,6-7H,5H2,1-2H3,(H,14,16,17). The van der Waals surface area contributed by atoms with Gasteiger partial charge in [0.05, 0.1) is 6.20 Å². The molecule has 6 nitrogen and oxygen atoms in total. The van der Waals surface area contributed by atoms with E-state index in [-0.39, 0.29) is 11.6 Å². The zero-order chi connectivity index (χ0) is 13.0. The normalized spacial score (nSPS) is 10.6. The Labute approximate surface area is 109 Å². The molecule has 7 heteroatoms. The summed E-state index contributed by atoms with van der Waals surface area (Å²) in [5, 5.41) is 12.0. The van der Waals surface area contributed by atoms with Gasteiger partial charge in [-0.1, -0.05) is 25.2 Å². The van der Waals surface area contributed by atoms with Gasteiger partial charge in [-0.05, 0) is 5.92 Å². The van der Waals surface area contributed by atoms with Gasteiger partial charge in [-0.2, -0.15) is 0 Å². The van der Waals surface area contributed by atoms with Crippen molar-refractivity contribution in [1.82, 2.24) is 20.2 Å². The first kappa shape index (κ1) is 12.6. The van der Waals surface area contributed by atoms with E-state index in [1.54, 1.807) is 0 Å². The summed E-state index contributed by atoms with van der Waals surface area (Å²) >= 11 is 1.38. The maximum absolute atomic E-state index is 11.8. The monoisotopic (exact) mass is 263 g/mol. The molecule has 1 amide bonds. The van der Waals surface area contributed by atoms with Crippen LogP contribution in [0.15, 0.2) is 18.6 Å². The molecule has 1 N–H and O–H groups in total. The van der Waals surface area contributed by atoms with Gasteiger partial charge in [0.15, 0.2) is 0 Å². The van der Waals surface area contributed by atoms with Crippen molar-refractivity contribution in [2.75, 3.05) is 5.32 Å². The fraction of sp³-hybridized carbons (Fsp3) is 0.364. The number of carbonyl (C=O) groups excluding carboxylic acids is 1. The second kappa shape index (κ2) is 5.63. The maximum atomic E-state index is 11.8. The Balaban J connectivity index is 2.01. The second-order valence-electron chi connectivity index (χ2n) is 4.14. The lowest BCUT2D eigenvalue weighted by Crippen LogP contribution is -2.13. The minimum Gasteiger partial charge on any atom is -0.295 e. The van der Waals surface area contributed by atoms with E-state index in [2.05, 4.69) is 39.3 Å². The van der Waals surface area contributed by atoms with Gasteiger partial charge in [-0.25, -0.2) is 4.98 Å². The Morgan fingerprint density at radius 2 is 2.22 bits per heavy atom. The van der Waals surface area contributed by atoms with E-state index in [0.29, 0.717) is 11.0 Å². The molecule has 0 atom stereocenters. The molecule has 2 aromatic heterocycles. The van der Waals surface area contributed by atoms with Crippen molar-refractivity contribution in [2.24, 2.45) is 5.92 Å². The van der Waals surface area contributed by atoms with Gasteiger partial charge in [0.25, 0.3) is 5.91 Å². The highest BCUT2D eigenvalue weighted by Gasteiger charge is 2.11. The Morgan fingerprint density at radius 1 is 1.39 bits per heavy atom. The zero-order valence-electron chi connectivity index (χ0n) is 10.1. The highest BCUT2D eigenvalue weighted by atomic mass is 32.1. The minimum absolute atomic E-state index is 0.262. The van der Waals surface area contributed by atoms with Crippen LogP contribution in [-0.4, -0.2) is 26.1 Å². The summed E-state index contributed by atoms with van der Waals surface area (Å²) in [6.07, 6.45) is 5.26. The lowest BCUT2D eigenvalue weighted by atomic mass is 10.1. The summed E-state index contributed by atoms with van der Waals surface area (Å²) in [4.78, 5) is 19.5. The van der Waals surface area contributed by atoms with Crippen LogP contribution in [0.5, 0.6) is 0 Å². The molecule has 0 fully saturated rings. The largest absolute Gasteiger partial charge is 0.295 e. The van der Waals surface area contributed by atoms with E-state index < -0.39 is 0 Å². The van der Waals surface area contributed by atoms with Crippen LogP contribution in [0, 0.1) is 5.92 Å². The van der Waals surface area contributed by atoms with Crippen LogP contribution in [0.2, 0.25) is 0 Å². The first-order chi connectivity index (χ1) is 8.65. The van der Waals surface area contributed by atoms with E-state index in [9.17, 15) is 4.79 Å². The van der Waals surface area contributed by atoms with Crippen LogP contribution in [-0.2, 0) is 6.42 Å². The number of aromatic nitrogens is 4. The van der Waals surface area contributed by atoms with Gasteiger partial charge in [-0.3, -0.25) is 15.1 Å². The first-order valence-corrected chi connectivity index (χ1v) is 6.36. The zero-order valence-corrected chi connectivity index (χ0v) is 10.9. The average Bonchev–Trinajstić information content (AvgIpc) is 2.76. The van der Waals surface area contributed by atoms with Gasteiger partial charge in [0.2, 0.25) is 5.13 Å². The number of hydrogen-bond acceptors (Lipinski definition) is 6. The van der Waals surface area contributed by atoms with Crippen molar-refractivity contribution in [3.05, 3.63) is 29.3 Å². The first-order valence-electron chi connectivity index (χ1n) is 5.55. The Morgan fingerprint density at radius 3 is 2.89 bits per heavy atom. The Hall–Kier alpha value is -1.89. The molecular weight excluding hydrogens is 250 g/mol. The van der Waals surface area contributed by atoms with Gasteiger partial charge in [-0.15, -0.1) is 10.2 Å². The summed E-state index contributed by atoms with van der Waals surface area (Å²) in [6, 6.07) is 0. The molecule has 0 unspecified atom stereocenters. The van der Waals surface area contributed by atoms with E-state index in [1.807, 2.05) is 0 Å². The summed E-state index contributed by atoms with van der Waals surface area (Å²) in [5.41, 5.74) is 0.262. The third-order valence-corrected chi connectivity index (χ3v) is 2.93. The van der Waals surface area contributed by atoms with Crippen LogP contribution in [0.25, 0.3) is 0 Å². The quantitative estimate of drug-likeness (QED) is 0.909. The lowest BCUT2D eigenvalue weighted by molar-refractivity contribution is 0.102. The molecule has 2 aromatic rings. The van der Waals surface area contributed by atoms with Crippen LogP contribution in [0.3, 0.4) is 0 Å². The molecule has 0 saturated carbocycles. The van der Waals surface area contributed by atoms with Crippen LogP contribution in [0.4, 0.5) is 5.13 Å². The Kier molecular flexibility index (Phi) is 3.93. The summed E-state index contributed by atoms with van der Waals surface area (Å²) in [7, 11) is 0. The molecule has 18 heavy (non-hydrogen) atoms. The van der Waals surface area contributed by atoms with Crippen molar-refractivity contribution in [3.8, 4) is 0 Å². The average molecular weight is 263 g/mol. The molecule has 0 aliphatic carbocycles. The smallest absolute Gasteiger partial charge is 0.277 e. The number of carbonyl (C=O) groups is 1. The van der Waals surface area contributed by atoms with Gasteiger partial charge in [0.1, 0.15) is 10.7 Å². The topological polar surface area (TPSA) is 80.7 Å². The highest BCUT2D eigenvalue weighted by molar-refractivity contribution is 7.15. The molecular formula is C11H13N5OS. The molecule has 2 rings (SSSR count). The van der Waals surface area contributed by atoms with Crippen LogP contribution >= 0.6 is 11.3 Å². The molecule has 0 radical (unpaired) electrons. The number of anilines is 1. The van der Waals surface area contributed by atoms with Gasteiger partial charge >= 0.3 is 0 Å². The molecule has 0 aromatic carbocycles. The van der Waals surface area contributed by atoms with Crippen LogP contribution in [0.1, 0.15) is 29.3 Å². The maximum Gasteiger partial charge on any atom is 0.277 e. The third kappa shape index (κ3) is 3.30. The summed E-state index contributed by atoms with van der Waals surface area (Å²) in [6.45, 7) is 4.22. The number of rotatable bonds is 4. The fourth-order valence-corrected chi connectivity index (χ4v) is 2.26. The number of nitrogens with one attached hydrogen (secondary N) is 1. The Bertz CT molecular complexity index is 525. The molecule has 0 spiro atoms. The SMILES string of the molecule is CC(C)Cc1nnc(NC(=O)c2cnccn2)s1. The summed E-state index contributed by atoms with van der Waals surface area (Å²) in [5.74, 6) is 0.192. The van der Waals surface area contributed by atoms with E-state index in [1.165, 1.54) is 29.9 Å². The fourth-order valence-electron chi connectivity index (χ4n) is 1.31. The predicted molar refractivity (Wildman–Crippen MR) is 68.4 cm³/mol. The predicted octanol–water partition coefficient (Wildman–Crippen LogP) is 1.78. The van der Waals surface area contributed by atoms with Crippen molar-refractivity contribution in [2.45, 2.75) is 20.3 Å². The second-order valence-corrected chi connectivity index (χ2v) is 5.21. The van der Waals surface area contributed by atoms with Crippen molar-refractivity contribution in [3.63, 3.8) is 0 Å². The molecule has 0 aliphatic heterocycles. The van der Waals surface area contributed by atoms with Crippen molar-refractivity contribution >= 4 is 22.4 Å². The van der Waals surface area contributed by atoms with Gasteiger partial charge < -0.3 is 0 Å². The van der Waals surface area contributed by atoms with E-state index in [0.717, 1.165) is 11.4 Å². The van der Waals surface area contributed by atoms with E-state index >= 15 is 0 Å². The molecule has 0 bridgehead atoms. The molecule has 0 saturated heterocycles. The molecule has 2 heterocycles. The van der Waals surface area contributed by atoms with Crippen LogP contribution < -0.4 is 5.32 Å². The third-order valence-electron chi connectivity index (χ3n) is 2.07. The van der Waals surface area contributed by atoms with Crippen molar-refractivity contribution < 1.29 is 4.79 Å². The lowest BCUT2D eigenvalue weighted by Gasteiger charge is -1.99. The highest BCUT2D eigenvalue weighted by Crippen LogP contribution is 2.18. The number of amides is 1. The minimum atomic E-state index is -0.324. The van der Waals surface area contributed by atoms with Gasteiger partial charge in [0, 0.05) is 18.8 Å². The number of nitrogens with zero attached hydrogens (tertiary/aromatic N) is 4. The number of hydrogen-bond donors (Lipinski definition) is 1. The molecule has 94 valence electrons. The van der Waals surface area contributed by atoms with E-state index in [4.69, 9.17) is 0 Å². The van der Waals surface area contributed by atoms with Crippen molar-refractivity contribution in [1.29, 1.82) is 0 Å². The molecule has 0 aliphatic rings.